The highest BCUT2D eigenvalue weighted by molar-refractivity contribution is 7.90. The SMILES string of the molecule is CC1CN(c2ccc(NC(=O)c3ccccc3S(C)(=O)=O)cc2F)CC(C)O1. The molecule has 0 aliphatic carbocycles. The molecule has 2 atom stereocenters. The average Bonchev–Trinajstić information content (AvgIpc) is 2.60. The van der Waals surface area contributed by atoms with Crippen LogP contribution in [0.1, 0.15) is 24.2 Å². The van der Waals surface area contributed by atoms with Crippen LogP contribution < -0.4 is 10.2 Å². The van der Waals surface area contributed by atoms with Gasteiger partial charge in [0.25, 0.3) is 5.91 Å². The zero-order valence-corrected chi connectivity index (χ0v) is 16.8. The van der Waals surface area contributed by atoms with Gasteiger partial charge in [0.05, 0.1) is 28.4 Å². The molecule has 0 aromatic heterocycles. The lowest BCUT2D eigenvalue weighted by Gasteiger charge is -2.37. The second-order valence-corrected chi connectivity index (χ2v) is 9.04. The predicted octanol–water partition coefficient (Wildman–Crippen LogP) is 3.10. The third-order valence-electron chi connectivity index (χ3n) is 4.50. The van der Waals surface area contributed by atoms with E-state index in [0.29, 0.717) is 18.8 Å². The quantitative estimate of drug-likeness (QED) is 0.845. The van der Waals surface area contributed by atoms with Crippen molar-refractivity contribution in [1.29, 1.82) is 0 Å². The summed E-state index contributed by atoms with van der Waals surface area (Å²) in [6, 6.07) is 10.4. The summed E-state index contributed by atoms with van der Waals surface area (Å²) in [6.07, 6.45) is 1.03. The van der Waals surface area contributed by atoms with Gasteiger partial charge in [0, 0.05) is 25.0 Å². The van der Waals surface area contributed by atoms with E-state index < -0.39 is 21.6 Å². The second-order valence-electron chi connectivity index (χ2n) is 7.05. The summed E-state index contributed by atoms with van der Waals surface area (Å²) >= 11 is 0. The first-order valence-electron chi connectivity index (χ1n) is 8.95. The zero-order chi connectivity index (χ0) is 20.5. The van der Waals surface area contributed by atoms with E-state index in [1.807, 2.05) is 18.7 Å². The van der Waals surface area contributed by atoms with Crippen molar-refractivity contribution in [2.75, 3.05) is 29.6 Å². The van der Waals surface area contributed by atoms with Crippen LogP contribution >= 0.6 is 0 Å². The van der Waals surface area contributed by atoms with Crippen LogP contribution in [0.25, 0.3) is 0 Å². The minimum atomic E-state index is -3.56. The van der Waals surface area contributed by atoms with Crippen molar-refractivity contribution in [3.8, 4) is 0 Å². The predicted molar refractivity (Wildman–Crippen MR) is 106 cm³/mol. The molecule has 1 N–H and O–H groups in total. The van der Waals surface area contributed by atoms with Gasteiger partial charge in [-0.25, -0.2) is 12.8 Å². The number of carbonyl (C=O) groups excluding carboxylic acids is 1. The summed E-state index contributed by atoms with van der Waals surface area (Å²) in [5.74, 6) is -1.07. The largest absolute Gasteiger partial charge is 0.372 e. The fourth-order valence-corrected chi connectivity index (χ4v) is 4.28. The molecular formula is C20H23FN2O4S. The standard InChI is InChI=1S/C20H23FN2O4S/c1-13-11-23(12-14(2)27-13)18-9-8-15(10-17(18)21)22-20(24)16-6-4-5-7-19(16)28(3,25)26/h4-10,13-14H,11-12H2,1-3H3,(H,22,24). The van der Waals surface area contributed by atoms with Gasteiger partial charge in [0.2, 0.25) is 0 Å². The Morgan fingerprint density at radius 1 is 1.14 bits per heavy atom. The maximum atomic E-state index is 14.7. The van der Waals surface area contributed by atoms with Crippen molar-refractivity contribution < 1.29 is 22.3 Å². The van der Waals surface area contributed by atoms with E-state index in [-0.39, 0.29) is 28.4 Å². The van der Waals surface area contributed by atoms with Gasteiger partial charge in [-0.2, -0.15) is 0 Å². The molecule has 6 nitrogen and oxygen atoms in total. The number of amides is 1. The Morgan fingerprint density at radius 3 is 2.39 bits per heavy atom. The normalized spacial score (nSPS) is 20.1. The number of rotatable bonds is 4. The van der Waals surface area contributed by atoms with Crippen molar-refractivity contribution in [2.24, 2.45) is 0 Å². The molecule has 0 bridgehead atoms. The van der Waals surface area contributed by atoms with Crippen LogP contribution in [-0.2, 0) is 14.6 Å². The highest BCUT2D eigenvalue weighted by Crippen LogP contribution is 2.26. The maximum Gasteiger partial charge on any atom is 0.256 e. The summed E-state index contributed by atoms with van der Waals surface area (Å²) in [6.45, 7) is 5.03. The van der Waals surface area contributed by atoms with Crippen LogP contribution in [0.2, 0.25) is 0 Å². The lowest BCUT2D eigenvalue weighted by Crippen LogP contribution is -2.45. The van der Waals surface area contributed by atoms with Crippen LogP contribution in [0.4, 0.5) is 15.8 Å². The first kappa shape index (κ1) is 20.3. The molecule has 1 aliphatic rings. The first-order chi connectivity index (χ1) is 13.1. The fraction of sp³-hybridized carbons (Fsp3) is 0.350. The summed E-state index contributed by atoms with van der Waals surface area (Å²) < 4.78 is 44.1. The molecule has 1 fully saturated rings. The van der Waals surface area contributed by atoms with Crippen LogP contribution in [0, 0.1) is 5.82 Å². The first-order valence-corrected chi connectivity index (χ1v) is 10.8. The number of benzene rings is 2. The molecule has 1 heterocycles. The van der Waals surface area contributed by atoms with Gasteiger partial charge in [-0.15, -0.1) is 0 Å². The smallest absolute Gasteiger partial charge is 0.256 e. The number of halogens is 1. The summed E-state index contributed by atoms with van der Waals surface area (Å²) in [7, 11) is -3.56. The topological polar surface area (TPSA) is 75.7 Å². The van der Waals surface area contributed by atoms with Crippen molar-refractivity contribution >= 4 is 27.1 Å². The van der Waals surface area contributed by atoms with E-state index in [4.69, 9.17) is 4.74 Å². The summed E-state index contributed by atoms with van der Waals surface area (Å²) in [5, 5.41) is 2.57. The highest BCUT2D eigenvalue weighted by Gasteiger charge is 2.24. The number of anilines is 2. The molecule has 150 valence electrons. The molecule has 0 saturated carbocycles. The molecule has 0 spiro atoms. The number of hydrogen-bond acceptors (Lipinski definition) is 5. The Labute approximate surface area is 164 Å². The van der Waals surface area contributed by atoms with Crippen LogP contribution in [-0.4, -0.2) is 45.9 Å². The average molecular weight is 406 g/mol. The van der Waals surface area contributed by atoms with Crippen LogP contribution in [0.3, 0.4) is 0 Å². The van der Waals surface area contributed by atoms with E-state index in [2.05, 4.69) is 5.32 Å². The number of sulfone groups is 1. The lowest BCUT2D eigenvalue weighted by atomic mass is 10.1. The molecule has 1 amide bonds. The number of hydrogen-bond donors (Lipinski definition) is 1. The zero-order valence-electron chi connectivity index (χ0n) is 16.0. The molecular weight excluding hydrogens is 383 g/mol. The van der Waals surface area contributed by atoms with Crippen LogP contribution in [0.15, 0.2) is 47.4 Å². The number of morpholine rings is 1. The second kappa shape index (κ2) is 7.89. The minimum absolute atomic E-state index is 0.00461. The van der Waals surface area contributed by atoms with Gasteiger partial charge in [0.1, 0.15) is 5.82 Å². The van der Waals surface area contributed by atoms with Crippen LogP contribution in [0.5, 0.6) is 0 Å². The molecule has 2 aromatic carbocycles. The summed E-state index contributed by atoms with van der Waals surface area (Å²) in [5.41, 5.74) is 0.714. The molecule has 2 unspecified atom stereocenters. The number of carbonyl (C=O) groups is 1. The van der Waals surface area contributed by atoms with Crippen molar-refractivity contribution in [3.05, 3.63) is 53.8 Å². The number of ether oxygens (including phenoxy) is 1. The Kier molecular flexibility index (Phi) is 5.71. The maximum absolute atomic E-state index is 14.7. The van der Waals surface area contributed by atoms with E-state index in [1.165, 1.54) is 18.2 Å². The molecule has 2 aromatic rings. The highest BCUT2D eigenvalue weighted by atomic mass is 32.2. The molecule has 3 rings (SSSR count). The van der Waals surface area contributed by atoms with Gasteiger partial charge in [-0.1, -0.05) is 12.1 Å². The van der Waals surface area contributed by atoms with E-state index in [0.717, 1.165) is 6.26 Å². The molecule has 8 heteroatoms. The Hall–Kier alpha value is -2.45. The monoisotopic (exact) mass is 406 g/mol. The van der Waals surface area contributed by atoms with E-state index in [9.17, 15) is 17.6 Å². The Morgan fingerprint density at radius 2 is 1.79 bits per heavy atom. The van der Waals surface area contributed by atoms with Gasteiger partial charge in [-0.3, -0.25) is 4.79 Å². The molecule has 0 radical (unpaired) electrons. The van der Waals surface area contributed by atoms with Crippen molar-refractivity contribution in [1.82, 2.24) is 0 Å². The minimum Gasteiger partial charge on any atom is -0.372 e. The number of nitrogens with zero attached hydrogens (tertiary/aromatic N) is 1. The third kappa shape index (κ3) is 4.51. The van der Waals surface area contributed by atoms with E-state index >= 15 is 0 Å². The third-order valence-corrected chi connectivity index (χ3v) is 5.65. The summed E-state index contributed by atoms with van der Waals surface area (Å²) in [4.78, 5) is 14.4. The fourth-order valence-electron chi connectivity index (χ4n) is 3.39. The Bertz CT molecular complexity index is 983. The van der Waals surface area contributed by atoms with Gasteiger partial charge >= 0.3 is 0 Å². The molecule has 1 aliphatic heterocycles. The molecule has 28 heavy (non-hydrogen) atoms. The Balaban J connectivity index is 1.81. The van der Waals surface area contributed by atoms with Gasteiger partial charge in [-0.05, 0) is 44.2 Å². The van der Waals surface area contributed by atoms with Gasteiger partial charge < -0.3 is 15.0 Å². The lowest BCUT2D eigenvalue weighted by molar-refractivity contribution is -0.00539. The van der Waals surface area contributed by atoms with E-state index in [1.54, 1.807) is 24.3 Å². The molecule has 1 saturated heterocycles. The van der Waals surface area contributed by atoms with Crippen molar-refractivity contribution in [3.63, 3.8) is 0 Å². The number of nitrogens with one attached hydrogen (secondary N) is 1. The van der Waals surface area contributed by atoms with Gasteiger partial charge in [0.15, 0.2) is 9.84 Å². The van der Waals surface area contributed by atoms with Crippen molar-refractivity contribution in [2.45, 2.75) is 31.0 Å².